The standard InChI is InChI=1S/C22H21ClN4O/c23-19-5-1-2-6-20(19)26-21-15-16(11-12-24-21)22(28)25-17-7-9-18(10-8-17)27-13-3-4-14-27/h1-2,5-12,15H,3-4,13-14H2,(H,24,26)(H,25,28). The lowest BCUT2D eigenvalue weighted by molar-refractivity contribution is 0.102. The van der Waals surface area contributed by atoms with E-state index in [2.05, 4.69) is 32.7 Å². The van der Waals surface area contributed by atoms with Gasteiger partial charge in [-0.1, -0.05) is 23.7 Å². The topological polar surface area (TPSA) is 57.3 Å². The number of carbonyl (C=O) groups excluding carboxylic acids is 1. The summed E-state index contributed by atoms with van der Waals surface area (Å²) in [6.07, 6.45) is 4.08. The molecule has 1 aliphatic heterocycles. The van der Waals surface area contributed by atoms with E-state index in [0.29, 0.717) is 16.4 Å². The van der Waals surface area contributed by atoms with Gasteiger partial charge in [-0.25, -0.2) is 4.98 Å². The number of aromatic nitrogens is 1. The first-order chi connectivity index (χ1) is 13.7. The SMILES string of the molecule is O=C(Nc1ccc(N2CCCC2)cc1)c1ccnc(Nc2ccccc2Cl)c1. The van der Waals surface area contributed by atoms with Crippen LogP contribution in [0.2, 0.25) is 5.02 Å². The van der Waals surface area contributed by atoms with Crippen LogP contribution in [0, 0.1) is 0 Å². The maximum absolute atomic E-state index is 12.6. The fourth-order valence-electron chi connectivity index (χ4n) is 3.27. The van der Waals surface area contributed by atoms with Crippen LogP contribution in [0.1, 0.15) is 23.2 Å². The molecule has 1 fully saturated rings. The number of amides is 1. The van der Waals surface area contributed by atoms with Gasteiger partial charge in [0.15, 0.2) is 0 Å². The molecule has 0 saturated carbocycles. The minimum atomic E-state index is -0.182. The summed E-state index contributed by atoms with van der Waals surface area (Å²) in [6, 6.07) is 18.8. The largest absolute Gasteiger partial charge is 0.372 e. The maximum atomic E-state index is 12.6. The lowest BCUT2D eigenvalue weighted by atomic mass is 10.2. The van der Waals surface area contributed by atoms with Crippen LogP contribution >= 0.6 is 11.6 Å². The Balaban J connectivity index is 1.44. The molecule has 3 aromatic rings. The van der Waals surface area contributed by atoms with Crippen molar-refractivity contribution in [3.63, 3.8) is 0 Å². The normalized spacial score (nSPS) is 13.4. The first-order valence-electron chi connectivity index (χ1n) is 9.33. The minimum Gasteiger partial charge on any atom is -0.372 e. The van der Waals surface area contributed by atoms with Crippen molar-refractivity contribution < 1.29 is 4.79 Å². The van der Waals surface area contributed by atoms with E-state index < -0.39 is 0 Å². The lowest BCUT2D eigenvalue weighted by Gasteiger charge is -2.17. The average Bonchev–Trinajstić information content (AvgIpc) is 3.25. The molecule has 4 rings (SSSR count). The van der Waals surface area contributed by atoms with Gasteiger partial charge in [0.1, 0.15) is 5.82 Å². The summed E-state index contributed by atoms with van der Waals surface area (Å²) in [6.45, 7) is 2.20. The number of carbonyl (C=O) groups is 1. The number of nitrogens with zero attached hydrogens (tertiary/aromatic N) is 2. The summed E-state index contributed by atoms with van der Waals surface area (Å²) >= 11 is 6.17. The zero-order valence-corrected chi connectivity index (χ0v) is 16.1. The second-order valence-electron chi connectivity index (χ2n) is 6.73. The summed E-state index contributed by atoms with van der Waals surface area (Å²) in [5.41, 5.74) is 3.23. The molecule has 0 unspecified atom stereocenters. The molecule has 0 spiro atoms. The van der Waals surface area contributed by atoms with Crippen LogP contribution in [0.25, 0.3) is 0 Å². The van der Waals surface area contributed by atoms with E-state index in [9.17, 15) is 4.79 Å². The summed E-state index contributed by atoms with van der Waals surface area (Å²) in [7, 11) is 0. The molecule has 2 aromatic carbocycles. The van der Waals surface area contributed by atoms with E-state index in [1.165, 1.54) is 18.5 Å². The molecule has 0 atom stereocenters. The van der Waals surface area contributed by atoms with Gasteiger partial charge in [0.25, 0.3) is 5.91 Å². The van der Waals surface area contributed by atoms with E-state index in [4.69, 9.17) is 11.6 Å². The molecule has 1 amide bonds. The van der Waals surface area contributed by atoms with Crippen molar-refractivity contribution in [2.45, 2.75) is 12.8 Å². The predicted molar refractivity (Wildman–Crippen MR) is 115 cm³/mol. The van der Waals surface area contributed by atoms with Gasteiger partial charge in [0.2, 0.25) is 0 Å². The van der Waals surface area contributed by atoms with Gasteiger partial charge in [-0.05, 0) is 61.4 Å². The number of nitrogens with one attached hydrogen (secondary N) is 2. The van der Waals surface area contributed by atoms with Gasteiger partial charge in [-0.3, -0.25) is 4.79 Å². The summed E-state index contributed by atoms with van der Waals surface area (Å²) in [5.74, 6) is 0.378. The number of anilines is 4. The molecule has 1 aliphatic rings. The molecule has 0 bridgehead atoms. The first-order valence-corrected chi connectivity index (χ1v) is 9.71. The van der Waals surface area contributed by atoms with Crippen molar-refractivity contribution in [2.75, 3.05) is 28.6 Å². The number of hydrogen-bond acceptors (Lipinski definition) is 4. The number of hydrogen-bond donors (Lipinski definition) is 2. The van der Waals surface area contributed by atoms with Crippen molar-refractivity contribution in [1.29, 1.82) is 0 Å². The van der Waals surface area contributed by atoms with E-state index in [1.54, 1.807) is 24.4 Å². The third-order valence-corrected chi connectivity index (χ3v) is 5.08. The van der Waals surface area contributed by atoms with Gasteiger partial charge in [-0.15, -0.1) is 0 Å². The van der Waals surface area contributed by atoms with Gasteiger partial charge in [-0.2, -0.15) is 0 Å². The molecule has 1 aromatic heterocycles. The molecule has 28 heavy (non-hydrogen) atoms. The highest BCUT2D eigenvalue weighted by atomic mass is 35.5. The minimum absolute atomic E-state index is 0.182. The van der Waals surface area contributed by atoms with Crippen molar-refractivity contribution in [1.82, 2.24) is 4.98 Å². The lowest BCUT2D eigenvalue weighted by Crippen LogP contribution is -2.17. The monoisotopic (exact) mass is 392 g/mol. The molecule has 2 N–H and O–H groups in total. The zero-order valence-electron chi connectivity index (χ0n) is 15.4. The van der Waals surface area contributed by atoms with Crippen LogP contribution in [0.4, 0.5) is 22.9 Å². The Morgan fingerprint density at radius 1 is 1.00 bits per heavy atom. The second kappa shape index (κ2) is 8.31. The van der Waals surface area contributed by atoms with Crippen molar-refractivity contribution in [3.8, 4) is 0 Å². The Kier molecular flexibility index (Phi) is 5.44. The molecule has 1 saturated heterocycles. The van der Waals surface area contributed by atoms with Gasteiger partial charge in [0, 0.05) is 36.2 Å². The van der Waals surface area contributed by atoms with E-state index in [0.717, 1.165) is 24.5 Å². The van der Waals surface area contributed by atoms with Crippen LogP contribution in [-0.2, 0) is 0 Å². The molecular weight excluding hydrogens is 372 g/mol. The molecule has 5 nitrogen and oxygen atoms in total. The van der Waals surface area contributed by atoms with Gasteiger partial charge in [0.05, 0.1) is 10.7 Å². The highest BCUT2D eigenvalue weighted by molar-refractivity contribution is 6.33. The van der Waals surface area contributed by atoms with Crippen LogP contribution in [0.3, 0.4) is 0 Å². The average molecular weight is 393 g/mol. The van der Waals surface area contributed by atoms with Gasteiger partial charge >= 0.3 is 0 Å². The number of rotatable bonds is 5. The third-order valence-electron chi connectivity index (χ3n) is 4.76. The molecule has 0 radical (unpaired) electrons. The van der Waals surface area contributed by atoms with Crippen molar-refractivity contribution >= 4 is 40.4 Å². The van der Waals surface area contributed by atoms with E-state index >= 15 is 0 Å². The molecule has 0 aliphatic carbocycles. The second-order valence-corrected chi connectivity index (χ2v) is 7.14. The quantitative estimate of drug-likeness (QED) is 0.616. The summed E-state index contributed by atoms with van der Waals surface area (Å²) in [4.78, 5) is 19.3. The Labute approximate surface area is 169 Å². The van der Waals surface area contributed by atoms with E-state index in [1.807, 2.05) is 30.3 Å². The molecular formula is C22H21ClN4O. The smallest absolute Gasteiger partial charge is 0.255 e. The van der Waals surface area contributed by atoms with Gasteiger partial charge < -0.3 is 15.5 Å². The molecule has 6 heteroatoms. The van der Waals surface area contributed by atoms with Crippen molar-refractivity contribution in [3.05, 3.63) is 77.4 Å². The van der Waals surface area contributed by atoms with Crippen LogP contribution in [0.15, 0.2) is 66.9 Å². The Morgan fingerprint density at radius 3 is 2.50 bits per heavy atom. The molecule has 2 heterocycles. The highest BCUT2D eigenvalue weighted by Gasteiger charge is 2.13. The fourth-order valence-corrected chi connectivity index (χ4v) is 3.46. The number of benzene rings is 2. The Morgan fingerprint density at radius 2 is 1.75 bits per heavy atom. The predicted octanol–water partition coefficient (Wildman–Crippen LogP) is 5.33. The highest BCUT2D eigenvalue weighted by Crippen LogP contribution is 2.25. The number of para-hydroxylation sites is 1. The van der Waals surface area contributed by atoms with Crippen LogP contribution in [-0.4, -0.2) is 24.0 Å². The number of halogens is 1. The summed E-state index contributed by atoms with van der Waals surface area (Å²) < 4.78 is 0. The number of pyridine rings is 1. The van der Waals surface area contributed by atoms with Crippen LogP contribution < -0.4 is 15.5 Å². The fraction of sp³-hybridized carbons (Fsp3) is 0.182. The first kappa shape index (κ1) is 18.3. The van der Waals surface area contributed by atoms with Crippen molar-refractivity contribution in [2.24, 2.45) is 0 Å². The third kappa shape index (κ3) is 4.26. The Bertz CT molecular complexity index is 968. The molecule has 142 valence electrons. The zero-order chi connectivity index (χ0) is 19.3. The Hall–Kier alpha value is -3.05. The summed E-state index contributed by atoms with van der Waals surface area (Å²) in [5, 5.41) is 6.68. The van der Waals surface area contributed by atoms with E-state index in [-0.39, 0.29) is 5.91 Å². The maximum Gasteiger partial charge on any atom is 0.255 e. The van der Waals surface area contributed by atoms with Crippen LogP contribution in [0.5, 0.6) is 0 Å².